The third-order valence-electron chi connectivity index (χ3n) is 4.10. The van der Waals surface area contributed by atoms with Crippen molar-refractivity contribution in [3.8, 4) is 0 Å². The summed E-state index contributed by atoms with van der Waals surface area (Å²) in [6, 6.07) is 0.328. The number of ether oxygens (including phenoxy) is 3. The maximum Gasteiger partial charge on any atom is 0.0615 e. The minimum absolute atomic E-state index is 0.00808. The molecule has 0 spiro atoms. The van der Waals surface area contributed by atoms with Crippen molar-refractivity contribution in [3.05, 3.63) is 0 Å². The fraction of sp³-hybridized carbons (Fsp3) is 1.00. The summed E-state index contributed by atoms with van der Waals surface area (Å²) in [5.41, 5.74) is 6.14. The zero-order valence-electron chi connectivity index (χ0n) is 12.9. The molecule has 19 heavy (non-hydrogen) atoms. The van der Waals surface area contributed by atoms with E-state index in [9.17, 15) is 0 Å². The van der Waals surface area contributed by atoms with Crippen molar-refractivity contribution < 1.29 is 14.2 Å². The highest BCUT2D eigenvalue weighted by atomic mass is 16.5. The molecule has 1 rings (SSSR count). The van der Waals surface area contributed by atoms with E-state index in [4.69, 9.17) is 19.9 Å². The summed E-state index contributed by atoms with van der Waals surface area (Å²) in [4.78, 5) is 2.46. The largest absolute Gasteiger partial charge is 0.383 e. The maximum absolute atomic E-state index is 6.13. The lowest BCUT2D eigenvalue weighted by atomic mass is 9.84. The molecule has 0 bridgehead atoms. The lowest BCUT2D eigenvalue weighted by molar-refractivity contribution is -0.0881. The van der Waals surface area contributed by atoms with Gasteiger partial charge in [0, 0.05) is 45.5 Å². The first-order valence-electron chi connectivity index (χ1n) is 7.16. The van der Waals surface area contributed by atoms with Crippen LogP contribution in [0.15, 0.2) is 0 Å². The van der Waals surface area contributed by atoms with Gasteiger partial charge in [0.15, 0.2) is 0 Å². The lowest BCUT2D eigenvalue weighted by Gasteiger charge is -2.50. The molecule has 0 radical (unpaired) electrons. The summed E-state index contributed by atoms with van der Waals surface area (Å²) in [7, 11) is 3.48. The van der Waals surface area contributed by atoms with Gasteiger partial charge in [0.25, 0.3) is 0 Å². The number of hydrogen-bond acceptors (Lipinski definition) is 5. The van der Waals surface area contributed by atoms with Gasteiger partial charge in [-0.3, -0.25) is 4.90 Å². The van der Waals surface area contributed by atoms with Crippen LogP contribution < -0.4 is 5.73 Å². The average Bonchev–Trinajstić information content (AvgIpc) is 2.39. The van der Waals surface area contributed by atoms with Crippen LogP contribution in [0.5, 0.6) is 0 Å². The Morgan fingerprint density at radius 1 is 1.42 bits per heavy atom. The van der Waals surface area contributed by atoms with Gasteiger partial charge >= 0.3 is 0 Å². The molecule has 1 aliphatic rings. The molecular weight excluding hydrogens is 244 g/mol. The smallest absolute Gasteiger partial charge is 0.0615 e. The van der Waals surface area contributed by atoms with E-state index in [2.05, 4.69) is 18.7 Å². The van der Waals surface area contributed by atoms with Crippen LogP contribution in [0.3, 0.4) is 0 Å². The van der Waals surface area contributed by atoms with Crippen molar-refractivity contribution in [1.29, 1.82) is 0 Å². The van der Waals surface area contributed by atoms with Gasteiger partial charge in [-0.15, -0.1) is 0 Å². The Morgan fingerprint density at radius 3 is 2.68 bits per heavy atom. The van der Waals surface area contributed by atoms with Crippen molar-refractivity contribution in [2.75, 3.05) is 47.1 Å². The highest BCUT2D eigenvalue weighted by Gasteiger charge is 2.41. The summed E-state index contributed by atoms with van der Waals surface area (Å²) in [6.07, 6.45) is 2.21. The van der Waals surface area contributed by atoms with Gasteiger partial charge in [0.2, 0.25) is 0 Å². The lowest BCUT2D eigenvalue weighted by Crippen LogP contribution is -2.62. The van der Waals surface area contributed by atoms with Crippen molar-refractivity contribution in [2.45, 2.75) is 44.4 Å². The topological polar surface area (TPSA) is 57.0 Å². The molecular formula is C14H30N2O3. The zero-order valence-corrected chi connectivity index (χ0v) is 12.9. The van der Waals surface area contributed by atoms with E-state index < -0.39 is 0 Å². The highest BCUT2D eigenvalue weighted by molar-refractivity contribution is 4.97. The molecule has 1 aliphatic heterocycles. The molecule has 1 heterocycles. The number of rotatable bonds is 8. The second kappa shape index (κ2) is 8.17. The molecule has 0 amide bonds. The van der Waals surface area contributed by atoms with Crippen molar-refractivity contribution in [1.82, 2.24) is 4.90 Å². The Kier molecular flexibility index (Phi) is 7.25. The normalized spacial score (nSPS) is 29.7. The van der Waals surface area contributed by atoms with Crippen molar-refractivity contribution in [2.24, 2.45) is 5.73 Å². The third-order valence-corrected chi connectivity index (χ3v) is 4.10. The number of hydrogen-bond donors (Lipinski definition) is 1. The first kappa shape index (κ1) is 16.9. The van der Waals surface area contributed by atoms with Gasteiger partial charge in [0.05, 0.1) is 19.3 Å². The molecule has 3 unspecified atom stereocenters. The van der Waals surface area contributed by atoms with E-state index in [1.54, 1.807) is 14.2 Å². The standard InChI is InChI=1S/C14H30N2O3/c1-12(10-18-4)16(6-8-17-3)14(11-15)5-7-19-13(2)9-14/h12-13H,5-11,15H2,1-4H3. The quantitative estimate of drug-likeness (QED) is 0.711. The van der Waals surface area contributed by atoms with Crippen LogP contribution in [0.2, 0.25) is 0 Å². The fourth-order valence-electron chi connectivity index (χ4n) is 3.16. The van der Waals surface area contributed by atoms with Crippen LogP contribution in [0, 0.1) is 0 Å². The predicted molar refractivity (Wildman–Crippen MR) is 76.4 cm³/mol. The Bertz CT molecular complexity index is 253. The molecule has 114 valence electrons. The Morgan fingerprint density at radius 2 is 2.16 bits per heavy atom. The van der Waals surface area contributed by atoms with Gasteiger partial charge in [-0.1, -0.05) is 0 Å². The van der Waals surface area contributed by atoms with Gasteiger partial charge < -0.3 is 19.9 Å². The van der Waals surface area contributed by atoms with E-state index in [1.165, 1.54) is 0 Å². The van der Waals surface area contributed by atoms with Crippen LogP contribution in [-0.2, 0) is 14.2 Å². The van der Waals surface area contributed by atoms with Crippen molar-refractivity contribution >= 4 is 0 Å². The van der Waals surface area contributed by atoms with E-state index in [1.807, 2.05) is 0 Å². The minimum atomic E-state index is 0.00808. The second-order valence-electron chi connectivity index (χ2n) is 5.55. The van der Waals surface area contributed by atoms with Crippen molar-refractivity contribution in [3.63, 3.8) is 0 Å². The van der Waals surface area contributed by atoms with Crippen LogP contribution >= 0.6 is 0 Å². The first-order chi connectivity index (χ1) is 9.09. The third kappa shape index (κ3) is 4.39. The van der Waals surface area contributed by atoms with Gasteiger partial charge in [-0.2, -0.15) is 0 Å². The zero-order chi connectivity index (χ0) is 14.3. The van der Waals surface area contributed by atoms with Crippen LogP contribution in [0.25, 0.3) is 0 Å². The minimum Gasteiger partial charge on any atom is -0.383 e. The summed E-state index contributed by atoms with van der Waals surface area (Å²) in [5, 5.41) is 0. The molecule has 0 aromatic carbocycles. The first-order valence-corrected chi connectivity index (χ1v) is 7.16. The number of methoxy groups -OCH3 is 2. The second-order valence-corrected chi connectivity index (χ2v) is 5.55. The molecule has 0 aliphatic carbocycles. The summed E-state index contributed by atoms with van der Waals surface area (Å²) in [6.45, 7) is 8.05. The van der Waals surface area contributed by atoms with E-state index in [-0.39, 0.29) is 11.6 Å². The predicted octanol–water partition coefficient (Wildman–Crippen LogP) is 0.866. The molecule has 2 N–H and O–H groups in total. The van der Waals surface area contributed by atoms with Crippen LogP contribution in [0.4, 0.5) is 0 Å². The Labute approximate surface area is 117 Å². The molecule has 5 nitrogen and oxygen atoms in total. The molecule has 1 saturated heterocycles. The average molecular weight is 274 g/mol. The van der Waals surface area contributed by atoms with Gasteiger partial charge in [-0.05, 0) is 26.7 Å². The molecule has 0 saturated carbocycles. The molecule has 1 fully saturated rings. The van der Waals surface area contributed by atoms with Crippen LogP contribution in [0.1, 0.15) is 26.7 Å². The summed E-state index contributed by atoms with van der Waals surface area (Å²) >= 11 is 0. The molecule has 0 aromatic rings. The Hall–Kier alpha value is -0.200. The number of nitrogens with zero attached hydrogens (tertiary/aromatic N) is 1. The monoisotopic (exact) mass is 274 g/mol. The molecule has 0 aromatic heterocycles. The number of nitrogens with two attached hydrogens (primary N) is 1. The maximum atomic E-state index is 6.13. The summed E-state index contributed by atoms with van der Waals surface area (Å²) < 4.78 is 16.3. The SMILES string of the molecule is COCCN(C(C)COC)C1(CN)CCOC(C)C1. The summed E-state index contributed by atoms with van der Waals surface area (Å²) in [5.74, 6) is 0. The molecule has 5 heteroatoms. The van der Waals surface area contributed by atoms with Gasteiger partial charge in [-0.25, -0.2) is 0 Å². The van der Waals surface area contributed by atoms with Crippen LogP contribution in [-0.4, -0.2) is 69.7 Å². The molecule has 3 atom stereocenters. The van der Waals surface area contributed by atoms with E-state index in [0.29, 0.717) is 25.8 Å². The fourth-order valence-corrected chi connectivity index (χ4v) is 3.16. The Balaban J connectivity index is 2.83. The van der Waals surface area contributed by atoms with Gasteiger partial charge in [0.1, 0.15) is 0 Å². The van der Waals surface area contributed by atoms with E-state index >= 15 is 0 Å². The highest BCUT2D eigenvalue weighted by Crippen LogP contribution is 2.31. The van der Waals surface area contributed by atoms with E-state index in [0.717, 1.165) is 26.0 Å².